The maximum atomic E-state index is 12.0. The van der Waals surface area contributed by atoms with Gasteiger partial charge in [0.2, 0.25) is 5.75 Å². The van der Waals surface area contributed by atoms with Crippen molar-refractivity contribution < 1.29 is 29.5 Å². The van der Waals surface area contributed by atoms with Gasteiger partial charge in [-0.05, 0) is 13.0 Å². The first kappa shape index (κ1) is 16.4. The number of aliphatic carboxylic acids is 1. The molecule has 9 nitrogen and oxygen atoms in total. The van der Waals surface area contributed by atoms with Crippen molar-refractivity contribution in [3.8, 4) is 5.75 Å². The number of nitrogens with one attached hydrogen (secondary N) is 1. The van der Waals surface area contributed by atoms with Gasteiger partial charge in [-0.1, -0.05) is 6.07 Å². The molecule has 0 aromatic heterocycles. The minimum absolute atomic E-state index is 0.0908. The van der Waals surface area contributed by atoms with Crippen LogP contribution in [0, 0.1) is 10.1 Å². The maximum absolute atomic E-state index is 12.0. The fraction of sp³-hybridized carbons (Fsp3) is 0.333. The first-order valence-electron chi connectivity index (χ1n) is 5.97. The highest BCUT2D eigenvalue weighted by Crippen LogP contribution is 2.30. The van der Waals surface area contributed by atoms with E-state index in [2.05, 4.69) is 5.32 Å². The van der Waals surface area contributed by atoms with Crippen LogP contribution in [0.25, 0.3) is 0 Å². The molecule has 3 N–H and O–H groups in total. The highest BCUT2D eigenvalue weighted by atomic mass is 16.6. The van der Waals surface area contributed by atoms with Crippen LogP contribution in [0.5, 0.6) is 5.75 Å². The summed E-state index contributed by atoms with van der Waals surface area (Å²) in [5, 5.41) is 30.6. The number of hydrogen-bond donors (Lipinski definition) is 3. The number of carboxylic acids is 1. The second-order valence-electron chi connectivity index (χ2n) is 3.89. The Morgan fingerprint density at radius 2 is 2.14 bits per heavy atom. The van der Waals surface area contributed by atoms with Gasteiger partial charge in [-0.3, -0.25) is 14.9 Å². The van der Waals surface area contributed by atoms with Gasteiger partial charge in [0.15, 0.2) is 6.04 Å². The largest absolute Gasteiger partial charge is 0.487 e. The Labute approximate surface area is 119 Å². The lowest BCUT2D eigenvalue weighted by Crippen LogP contribution is -2.43. The Hall–Kier alpha value is -2.68. The number of nitrogens with zero attached hydrogens (tertiary/aromatic N) is 1. The van der Waals surface area contributed by atoms with E-state index in [0.29, 0.717) is 0 Å². The molecule has 0 heterocycles. The maximum Gasteiger partial charge on any atom is 0.328 e. The number of amides is 1. The molecule has 114 valence electrons. The SMILES string of the molecule is CCOc1c(C(=O)N[C@H](CO)C(=O)O)cccc1[N+](=O)[O-]. The number of carbonyl (C=O) groups excluding carboxylic acids is 1. The third-order valence-corrected chi connectivity index (χ3v) is 2.51. The molecule has 0 radical (unpaired) electrons. The summed E-state index contributed by atoms with van der Waals surface area (Å²) in [5.74, 6) is -2.55. The molecule has 0 saturated carbocycles. The summed E-state index contributed by atoms with van der Waals surface area (Å²) in [6.45, 7) is 0.875. The average molecular weight is 298 g/mol. The molecule has 0 spiro atoms. The molecular weight excluding hydrogens is 284 g/mol. The molecule has 1 amide bonds. The number of benzene rings is 1. The number of nitro groups is 1. The Morgan fingerprint density at radius 1 is 1.48 bits per heavy atom. The monoisotopic (exact) mass is 298 g/mol. The van der Waals surface area contributed by atoms with Gasteiger partial charge >= 0.3 is 11.7 Å². The van der Waals surface area contributed by atoms with Gasteiger partial charge in [0.25, 0.3) is 5.91 Å². The molecule has 0 aliphatic rings. The highest BCUT2D eigenvalue weighted by molar-refractivity contribution is 6.00. The van der Waals surface area contributed by atoms with Crippen molar-refractivity contribution >= 4 is 17.6 Å². The summed E-state index contributed by atoms with van der Waals surface area (Å²) in [6, 6.07) is 2.21. The van der Waals surface area contributed by atoms with Gasteiger partial charge < -0.3 is 20.3 Å². The molecule has 1 aromatic rings. The molecule has 0 aliphatic heterocycles. The summed E-state index contributed by atoms with van der Waals surface area (Å²) < 4.78 is 5.11. The molecule has 21 heavy (non-hydrogen) atoms. The van der Waals surface area contributed by atoms with Crippen LogP contribution in [0.2, 0.25) is 0 Å². The number of rotatable bonds is 7. The molecular formula is C12H14N2O7. The summed E-state index contributed by atoms with van der Waals surface area (Å²) >= 11 is 0. The lowest BCUT2D eigenvalue weighted by atomic mass is 10.1. The third kappa shape index (κ3) is 3.89. The number of aliphatic hydroxyl groups excluding tert-OH is 1. The summed E-state index contributed by atoms with van der Waals surface area (Å²) in [7, 11) is 0. The predicted octanol–water partition coefficient (Wildman–Crippen LogP) is 0.169. The van der Waals surface area contributed by atoms with Gasteiger partial charge in [-0.15, -0.1) is 0 Å². The first-order valence-corrected chi connectivity index (χ1v) is 5.97. The lowest BCUT2D eigenvalue weighted by Gasteiger charge is -2.14. The molecule has 0 saturated heterocycles. The molecule has 0 fully saturated rings. The standard InChI is InChI=1S/C12H14N2O7/c1-2-21-10-7(4-3-5-9(10)14(19)20)11(16)13-8(6-15)12(17)18/h3-5,8,15H,2,6H2,1H3,(H,13,16)(H,17,18)/t8-/m1/s1. The van der Waals surface area contributed by atoms with E-state index < -0.39 is 35.1 Å². The van der Waals surface area contributed by atoms with E-state index in [9.17, 15) is 19.7 Å². The minimum atomic E-state index is -1.51. The first-order chi connectivity index (χ1) is 9.92. The van der Waals surface area contributed by atoms with Crippen molar-refractivity contribution in [2.24, 2.45) is 0 Å². The van der Waals surface area contributed by atoms with Gasteiger partial charge in [0, 0.05) is 6.07 Å². The zero-order chi connectivity index (χ0) is 16.0. The Bertz CT molecular complexity index is 559. The van der Waals surface area contributed by atoms with Crippen LogP contribution in [0.3, 0.4) is 0 Å². The predicted molar refractivity (Wildman–Crippen MR) is 70.2 cm³/mol. The summed E-state index contributed by atoms with van der Waals surface area (Å²) in [4.78, 5) is 33.0. The quantitative estimate of drug-likeness (QED) is 0.481. The minimum Gasteiger partial charge on any atom is -0.487 e. The molecule has 1 atom stereocenters. The van der Waals surface area contributed by atoms with Crippen molar-refractivity contribution in [1.29, 1.82) is 0 Å². The van der Waals surface area contributed by atoms with Crippen LogP contribution in [0.4, 0.5) is 5.69 Å². The number of aliphatic hydroxyl groups is 1. The van der Waals surface area contributed by atoms with Gasteiger partial charge in [0.1, 0.15) is 0 Å². The van der Waals surface area contributed by atoms with E-state index in [-0.39, 0.29) is 17.9 Å². The van der Waals surface area contributed by atoms with E-state index in [0.717, 1.165) is 0 Å². The van der Waals surface area contributed by atoms with Gasteiger partial charge in [-0.25, -0.2) is 4.79 Å². The zero-order valence-electron chi connectivity index (χ0n) is 11.1. The van der Waals surface area contributed by atoms with Crippen molar-refractivity contribution in [3.05, 3.63) is 33.9 Å². The molecule has 1 aromatic carbocycles. The number of ether oxygens (including phenoxy) is 1. The smallest absolute Gasteiger partial charge is 0.328 e. The number of nitro benzene ring substituents is 1. The topological polar surface area (TPSA) is 139 Å². The van der Waals surface area contributed by atoms with E-state index in [1.54, 1.807) is 6.92 Å². The van der Waals surface area contributed by atoms with Crippen molar-refractivity contribution in [2.75, 3.05) is 13.2 Å². The number of carbonyl (C=O) groups is 2. The molecule has 1 rings (SSSR count). The van der Waals surface area contributed by atoms with Crippen LogP contribution < -0.4 is 10.1 Å². The van der Waals surface area contributed by atoms with Crippen LogP contribution in [-0.2, 0) is 4.79 Å². The molecule has 9 heteroatoms. The van der Waals surface area contributed by atoms with E-state index in [1.807, 2.05) is 0 Å². The van der Waals surface area contributed by atoms with Crippen molar-refractivity contribution in [2.45, 2.75) is 13.0 Å². The van der Waals surface area contributed by atoms with Crippen molar-refractivity contribution in [3.63, 3.8) is 0 Å². The number of hydrogen-bond acceptors (Lipinski definition) is 6. The van der Waals surface area contributed by atoms with Crippen LogP contribution >= 0.6 is 0 Å². The number of carboxylic acid groups (broad SMARTS) is 1. The van der Waals surface area contributed by atoms with Crippen molar-refractivity contribution in [1.82, 2.24) is 5.32 Å². The Balaban J connectivity index is 3.16. The zero-order valence-corrected chi connectivity index (χ0v) is 11.1. The normalized spacial score (nSPS) is 11.5. The van der Waals surface area contributed by atoms with Crippen LogP contribution in [-0.4, -0.2) is 46.3 Å². The average Bonchev–Trinajstić information content (AvgIpc) is 2.44. The number of para-hydroxylation sites is 1. The van der Waals surface area contributed by atoms with Crippen LogP contribution in [0.15, 0.2) is 18.2 Å². The molecule has 0 aliphatic carbocycles. The second kappa shape index (κ2) is 7.20. The Morgan fingerprint density at radius 3 is 2.62 bits per heavy atom. The van der Waals surface area contributed by atoms with Crippen LogP contribution in [0.1, 0.15) is 17.3 Å². The van der Waals surface area contributed by atoms with E-state index >= 15 is 0 Å². The fourth-order valence-corrected chi connectivity index (χ4v) is 1.56. The fourth-order valence-electron chi connectivity index (χ4n) is 1.56. The lowest BCUT2D eigenvalue weighted by molar-refractivity contribution is -0.385. The summed E-state index contributed by atoms with van der Waals surface area (Å²) in [5.41, 5.74) is -0.578. The van der Waals surface area contributed by atoms with E-state index in [1.165, 1.54) is 18.2 Å². The second-order valence-corrected chi connectivity index (χ2v) is 3.89. The third-order valence-electron chi connectivity index (χ3n) is 2.51. The highest BCUT2D eigenvalue weighted by Gasteiger charge is 2.26. The molecule has 0 unspecified atom stereocenters. The van der Waals surface area contributed by atoms with Gasteiger partial charge in [-0.2, -0.15) is 0 Å². The summed E-state index contributed by atoms with van der Waals surface area (Å²) in [6.07, 6.45) is 0. The Kier molecular flexibility index (Phi) is 5.61. The van der Waals surface area contributed by atoms with E-state index in [4.69, 9.17) is 14.9 Å². The van der Waals surface area contributed by atoms with Gasteiger partial charge in [0.05, 0.1) is 23.7 Å². The molecule has 0 bridgehead atoms.